The fourth-order valence-corrected chi connectivity index (χ4v) is 1.43. The summed E-state index contributed by atoms with van der Waals surface area (Å²) < 4.78 is 37.1. The molecule has 0 unspecified atom stereocenters. The number of hydrogen-bond donors (Lipinski definition) is 2. The quantitative estimate of drug-likeness (QED) is 0.818. The molecule has 0 saturated heterocycles. The molecule has 7 heteroatoms. The van der Waals surface area contributed by atoms with Gasteiger partial charge in [0.15, 0.2) is 0 Å². The molecule has 0 bridgehead atoms. The summed E-state index contributed by atoms with van der Waals surface area (Å²) in [6.45, 7) is 0. The van der Waals surface area contributed by atoms with E-state index in [9.17, 15) is 18.0 Å². The first-order chi connectivity index (χ1) is 6.80. The molecule has 0 spiro atoms. The van der Waals surface area contributed by atoms with Gasteiger partial charge in [0.05, 0.1) is 5.56 Å². The second-order valence-corrected chi connectivity index (χ2v) is 3.54. The Balaban J connectivity index is 3.11. The van der Waals surface area contributed by atoms with E-state index in [4.69, 9.17) is 5.73 Å². The van der Waals surface area contributed by atoms with E-state index in [1.54, 1.807) is 0 Å². The largest absolute Gasteiger partial charge is 0.417 e. The van der Waals surface area contributed by atoms with Gasteiger partial charge in [-0.3, -0.25) is 0 Å². The zero-order valence-electron chi connectivity index (χ0n) is 7.23. The number of anilines is 1. The monoisotopic (exact) mass is 282 g/mol. The predicted molar refractivity (Wildman–Crippen MR) is 52.4 cm³/mol. The number of urea groups is 1. The van der Waals surface area contributed by atoms with E-state index < -0.39 is 17.8 Å². The predicted octanol–water partition coefficient (Wildman–Crippen LogP) is 2.96. The van der Waals surface area contributed by atoms with E-state index in [2.05, 4.69) is 21.2 Å². The van der Waals surface area contributed by atoms with Gasteiger partial charge in [-0.25, -0.2) is 4.79 Å². The summed E-state index contributed by atoms with van der Waals surface area (Å²) in [5.41, 5.74) is 3.91. The van der Waals surface area contributed by atoms with Crippen molar-refractivity contribution < 1.29 is 18.0 Å². The number of hydrogen-bond acceptors (Lipinski definition) is 1. The van der Waals surface area contributed by atoms with Gasteiger partial charge in [-0.2, -0.15) is 13.2 Å². The molecule has 1 aromatic rings. The van der Waals surface area contributed by atoms with E-state index in [1.165, 1.54) is 12.1 Å². The highest BCUT2D eigenvalue weighted by Crippen LogP contribution is 2.36. The minimum Gasteiger partial charge on any atom is -0.351 e. The number of amides is 2. The summed E-state index contributed by atoms with van der Waals surface area (Å²) in [5, 5.41) is 2.06. The van der Waals surface area contributed by atoms with Crippen LogP contribution < -0.4 is 11.1 Å². The van der Waals surface area contributed by atoms with Crippen molar-refractivity contribution >= 4 is 27.6 Å². The van der Waals surface area contributed by atoms with Crippen molar-refractivity contribution in [3.05, 3.63) is 28.2 Å². The molecule has 0 saturated carbocycles. The zero-order valence-corrected chi connectivity index (χ0v) is 8.82. The molecule has 0 aliphatic carbocycles. The number of halogens is 4. The summed E-state index contributed by atoms with van der Waals surface area (Å²) in [4.78, 5) is 10.4. The lowest BCUT2D eigenvalue weighted by atomic mass is 10.2. The van der Waals surface area contributed by atoms with Gasteiger partial charge in [0, 0.05) is 10.2 Å². The van der Waals surface area contributed by atoms with E-state index in [-0.39, 0.29) is 10.2 Å². The average molecular weight is 283 g/mol. The molecule has 1 rings (SSSR count). The fourth-order valence-electron chi connectivity index (χ4n) is 0.963. The van der Waals surface area contributed by atoms with Gasteiger partial charge < -0.3 is 11.1 Å². The third-order valence-corrected chi connectivity index (χ3v) is 2.23. The SMILES string of the molecule is NC(=O)Nc1ccc(Br)c(C(F)(F)F)c1. The van der Waals surface area contributed by atoms with Gasteiger partial charge in [0.1, 0.15) is 0 Å². The molecule has 3 N–H and O–H groups in total. The first-order valence-corrected chi connectivity index (χ1v) is 4.53. The highest BCUT2D eigenvalue weighted by Gasteiger charge is 2.33. The Morgan fingerprint density at radius 2 is 2.00 bits per heavy atom. The van der Waals surface area contributed by atoms with Crippen LogP contribution >= 0.6 is 15.9 Å². The second kappa shape index (κ2) is 4.09. The average Bonchev–Trinajstić information content (AvgIpc) is 2.05. The van der Waals surface area contributed by atoms with Crippen molar-refractivity contribution in [1.82, 2.24) is 0 Å². The van der Waals surface area contributed by atoms with Gasteiger partial charge >= 0.3 is 12.2 Å². The molecule has 3 nitrogen and oxygen atoms in total. The molecule has 0 aromatic heterocycles. The molecule has 0 heterocycles. The smallest absolute Gasteiger partial charge is 0.351 e. The number of nitrogens with one attached hydrogen (secondary N) is 1. The Kier molecular flexibility index (Phi) is 3.23. The van der Waals surface area contributed by atoms with Crippen LogP contribution in [0.5, 0.6) is 0 Å². The third-order valence-electron chi connectivity index (χ3n) is 1.54. The highest BCUT2D eigenvalue weighted by atomic mass is 79.9. The molecule has 1 aromatic carbocycles. The van der Waals surface area contributed by atoms with Crippen molar-refractivity contribution in [2.75, 3.05) is 5.32 Å². The van der Waals surface area contributed by atoms with Crippen LogP contribution in [0.2, 0.25) is 0 Å². The number of rotatable bonds is 1. The molecule has 0 radical (unpaired) electrons. The molecule has 0 aliphatic rings. The van der Waals surface area contributed by atoms with Crippen LogP contribution in [0, 0.1) is 0 Å². The maximum absolute atomic E-state index is 12.4. The normalized spacial score (nSPS) is 11.2. The number of benzene rings is 1. The number of alkyl halides is 3. The van der Waals surface area contributed by atoms with Gasteiger partial charge in [0.25, 0.3) is 0 Å². The van der Waals surface area contributed by atoms with E-state index in [0.717, 1.165) is 6.07 Å². The maximum Gasteiger partial charge on any atom is 0.417 e. The standard InChI is InChI=1S/C8H6BrF3N2O/c9-6-2-1-4(14-7(13)15)3-5(6)8(10,11)12/h1-3H,(H3,13,14,15). The Labute approximate surface area is 91.6 Å². The summed E-state index contributed by atoms with van der Waals surface area (Å²) in [7, 11) is 0. The summed E-state index contributed by atoms with van der Waals surface area (Å²) in [5.74, 6) is 0. The number of carbonyl (C=O) groups excluding carboxylic acids is 1. The van der Waals surface area contributed by atoms with E-state index in [0.29, 0.717) is 0 Å². The fraction of sp³-hybridized carbons (Fsp3) is 0.125. The Morgan fingerprint density at radius 1 is 1.40 bits per heavy atom. The third kappa shape index (κ3) is 3.12. The number of carbonyl (C=O) groups is 1. The van der Waals surface area contributed by atoms with Gasteiger partial charge in [-0.05, 0) is 18.2 Å². The van der Waals surface area contributed by atoms with Crippen LogP contribution in [0.1, 0.15) is 5.56 Å². The molecular weight excluding hydrogens is 277 g/mol. The second-order valence-electron chi connectivity index (χ2n) is 2.68. The van der Waals surface area contributed by atoms with Crippen LogP contribution in [-0.4, -0.2) is 6.03 Å². The summed E-state index contributed by atoms with van der Waals surface area (Å²) >= 11 is 2.77. The van der Waals surface area contributed by atoms with Gasteiger partial charge in [0.2, 0.25) is 0 Å². The molecule has 15 heavy (non-hydrogen) atoms. The highest BCUT2D eigenvalue weighted by molar-refractivity contribution is 9.10. The molecular formula is C8H6BrF3N2O. The topological polar surface area (TPSA) is 55.1 Å². The summed E-state index contributed by atoms with van der Waals surface area (Å²) in [6.07, 6.45) is -4.48. The van der Waals surface area contributed by atoms with Crippen molar-refractivity contribution in [1.29, 1.82) is 0 Å². The van der Waals surface area contributed by atoms with Crippen LogP contribution in [0.3, 0.4) is 0 Å². The maximum atomic E-state index is 12.4. The van der Waals surface area contributed by atoms with Gasteiger partial charge in [-0.1, -0.05) is 15.9 Å². The Bertz CT molecular complexity index is 392. The van der Waals surface area contributed by atoms with Crippen molar-refractivity contribution in [3.63, 3.8) is 0 Å². The van der Waals surface area contributed by atoms with E-state index in [1.807, 2.05) is 0 Å². The van der Waals surface area contributed by atoms with Crippen LogP contribution in [0.15, 0.2) is 22.7 Å². The Morgan fingerprint density at radius 3 is 2.47 bits per heavy atom. The minimum atomic E-state index is -4.48. The van der Waals surface area contributed by atoms with E-state index >= 15 is 0 Å². The molecule has 0 fully saturated rings. The first-order valence-electron chi connectivity index (χ1n) is 3.74. The van der Waals surface area contributed by atoms with Gasteiger partial charge in [-0.15, -0.1) is 0 Å². The first kappa shape index (κ1) is 11.8. The lowest BCUT2D eigenvalue weighted by Gasteiger charge is -2.10. The molecule has 0 aliphatic heterocycles. The lowest BCUT2D eigenvalue weighted by Crippen LogP contribution is -2.19. The molecule has 2 amide bonds. The Hall–Kier alpha value is -1.24. The zero-order chi connectivity index (χ0) is 11.6. The molecule has 0 atom stereocenters. The summed E-state index contributed by atoms with van der Waals surface area (Å²) in [6, 6.07) is 2.39. The van der Waals surface area contributed by atoms with Crippen molar-refractivity contribution in [2.45, 2.75) is 6.18 Å². The minimum absolute atomic E-state index is 0.00183. The van der Waals surface area contributed by atoms with Crippen LogP contribution in [-0.2, 0) is 6.18 Å². The van der Waals surface area contributed by atoms with Crippen LogP contribution in [0.25, 0.3) is 0 Å². The number of nitrogens with two attached hydrogens (primary N) is 1. The number of primary amides is 1. The van der Waals surface area contributed by atoms with Crippen molar-refractivity contribution in [3.8, 4) is 0 Å². The molecule has 82 valence electrons. The van der Waals surface area contributed by atoms with Crippen molar-refractivity contribution in [2.24, 2.45) is 5.73 Å². The lowest BCUT2D eigenvalue weighted by molar-refractivity contribution is -0.138. The van der Waals surface area contributed by atoms with Crippen LogP contribution in [0.4, 0.5) is 23.7 Å².